The Balaban J connectivity index is 3.01. The summed E-state index contributed by atoms with van der Waals surface area (Å²) in [6.07, 6.45) is 3.78. The van der Waals surface area contributed by atoms with E-state index >= 15 is 0 Å². The van der Waals surface area contributed by atoms with Crippen LogP contribution >= 0.6 is 0 Å². The van der Waals surface area contributed by atoms with Gasteiger partial charge in [-0.05, 0) is 44.2 Å². The fourth-order valence-corrected chi connectivity index (χ4v) is 2.21. The first-order chi connectivity index (χ1) is 8.95. The summed E-state index contributed by atoms with van der Waals surface area (Å²) in [7, 11) is 0. The van der Waals surface area contributed by atoms with Gasteiger partial charge >= 0.3 is 0 Å². The highest BCUT2D eigenvalue weighted by Crippen LogP contribution is 2.22. The van der Waals surface area contributed by atoms with Crippen LogP contribution in [0.15, 0.2) is 18.3 Å². The topological polar surface area (TPSA) is 42.1 Å². The van der Waals surface area contributed by atoms with Gasteiger partial charge in [0.15, 0.2) is 0 Å². The summed E-state index contributed by atoms with van der Waals surface area (Å²) in [6, 6.07) is 4.84. The Labute approximate surface area is 118 Å². The first-order valence-electron chi connectivity index (χ1n) is 7.41. The molecule has 0 bridgehead atoms. The van der Waals surface area contributed by atoms with Crippen LogP contribution in [0.5, 0.6) is 0 Å². The summed E-state index contributed by atoms with van der Waals surface area (Å²) < 4.78 is 0. The average molecular weight is 263 g/mol. The van der Waals surface area contributed by atoms with E-state index in [9.17, 15) is 0 Å². The van der Waals surface area contributed by atoms with E-state index in [1.165, 1.54) is 5.56 Å². The zero-order valence-electron chi connectivity index (χ0n) is 13.1. The van der Waals surface area contributed by atoms with E-state index in [2.05, 4.69) is 50.6 Å². The second-order valence-corrected chi connectivity index (χ2v) is 6.00. The van der Waals surface area contributed by atoms with Crippen LogP contribution in [0.3, 0.4) is 0 Å². The van der Waals surface area contributed by atoms with E-state index in [1.54, 1.807) is 0 Å². The molecule has 0 fully saturated rings. The molecule has 19 heavy (non-hydrogen) atoms. The van der Waals surface area contributed by atoms with Gasteiger partial charge in [-0.1, -0.05) is 26.8 Å². The molecule has 1 aromatic heterocycles. The van der Waals surface area contributed by atoms with Gasteiger partial charge in [0, 0.05) is 24.8 Å². The van der Waals surface area contributed by atoms with Gasteiger partial charge in [0.25, 0.3) is 0 Å². The molecule has 1 heterocycles. The lowest BCUT2D eigenvalue weighted by Gasteiger charge is -2.31. The van der Waals surface area contributed by atoms with Crippen molar-refractivity contribution in [2.45, 2.75) is 59.5 Å². The Morgan fingerprint density at radius 3 is 2.47 bits per heavy atom. The smallest absolute Gasteiger partial charge is 0.131 e. The van der Waals surface area contributed by atoms with Gasteiger partial charge in [0.05, 0.1) is 0 Å². The molecular formula is C16H29N3. The molecule has 0 aliphatic rings. The lowest BCUT2D eigenvalue weighted by atomic mass is 10.0. The van der Waals surface area contributed by atoms with Crippen molar-refractivity contribution < 1.29 is 0 Å². The molecule has 1 aromatic rings. The van der Waals surface area contributed by atoms with Gasteiger partial charge in [-0.3, -0.25) is 0 Å². The first-order valence-corrected chi connectivity index (χ1v) is 7.41. The monoisotopic (exact) mass is 263 g/mol. The number of rotatable bonds is 7. The van der Waals surface area contributed by atoms with Gasteiger partial charge in [-0.15, -0.1) is 0 Å². The normalized spacial score (nSPS) is 13.1. The zero-order valence-corrected chi connectivity index (χ0v) is 13.1. The molecule has 0 aromatic carbocycles. The fourth-order valence-electron chi connectivity index (χ4n) is 2.21. The Morgan fingerprint density at radius 2 is 1.95 bits per heavy atom. The minimum Gasteiger partial charge on any atom is -0.354 e. The molecular weight excluding hydrogens is 234 g/mol. The van der Waals surface area contributed by atoms with Gasteiger partial charge < -0.3 is 10.6 Å². The molecule has 0 amide bonds. The molecule has 1 unspecified atom stereocenters. The third-order valence-corrected chi connectivity index (χ3v) is 3.33. The van der Waals surface area contributed by atoms with E-state index in [0.29, 0.717) is 12.0 Å². The molecule has 108 valence electrons. The SMILES string of the molecule is CCC(N)Cc1cccnc1N(CC(C)C)C(C)C. The molecule has 1 rings (SSSR count). The van der Waals surface area contributed by atoms with Crippen molar-refractivity contribution in [1.82, 2.24) is 4.98 Å². The maximum atomic E-state index is 6.11. The molecule has 3 heteroatoms. The fraction of sp³-hybridized carbons (Fsp3) is 0.688. The Morgan fingerprint density at radius 1 is 1.26 bits per heavy atom. The second-order valence-electron chi connectivity index (χ2n) is 6.00. The molecule has 1 atom stereocenters. The Kier molecular flexibility index (Phi) is 6.29. The number of hydrogen-bond acceptors (Lipinski definition) is 3. The third-order valence-electron chi connectivity index (χ3n) is 3.33. The molecule has 0 saturated heterocycles. The van der Waals surface area contributed by atoms with Gasteiger partial charge in [-0.2, -0.15) is 0 Å². The molecule has 3 nitrogen and oxygen atoms in total. The van der Waals surface area contributed by atoms with Crippen molar-refractivity contribution in [3.63, 3.8) is 0 Å². The first kappa shape index (κ1) is 16.0. The Hall–Kier alpha value is -1.09. The van der Waals surface area contributed by atoms with E-state index in [0.717, 1.165) is 25.2 Å². The highest BCUT2D eigenvalue weighted by atomic mass is 15.2. The van der Waals surface area contributed by atoms with Crippen LogP contribution < -0.4 is 10.6 Å². The van der Waals surface area contributed by atoms with Crippen molar-refractivity contribution in [1.29, 1.82) is 0 Å². The zero-order chi connectivity index (χ0) is 14.4. The van der Waals surface area contributed by atoms with Crippen molar-refractivity contribution in [2.24, 2.45) is 11.7 Å². The lowest BCUT2D eigenvalue weighted by molar-refractivity contribution is 0.561. The molecule has 0 saturated carbocycles. The Bertz CT molecular complexity index is 374. The number of hydrogen-bond donors (Lipinski definition) is 1. The van der Waals surface area contributed by atoms with Crippen LogP contribution in [0.4, 0.5) is 5.82 Å². The van der Waals surface area contributed by atoms with Crippen LogP contribution in [0, 0.1) is 5.92 Å². The highest BCUT2D eigenvalue weighted by Gasteiger charge is 2.17. The summed E-state index contributed by atoms with van der Waals surface area (Å²) in [6.45, 7) is 12.1. The van der Waals surface area contributed by atoms with Gasteiger partial charge in [0.2, 0.25) is 0 Å². The van der Waals surface area contributed by atoms with Crippen LogP contribution in [0.1, 0.15) is 46.6 Å². The largest absolute Gasteiger partial charge is 0.354 e. The molecule has 0 aliphatic carbocycles. The van der Waals surface area contributed by atoms with Crippen molar-refractivity contribution in [3.05, 3.63) is 23.9 Å². The standard InChI is InChI=1S/C16H29N3/c1-6-15(17)10-14-8-7-9-18-16(14)19(13(4)5)11-12(2)3/h7-9,12-13,15H,6,10-11,17H2,1-5H3. The van der Waals surface area contributed by atoms with E-state index in [1.807, 2.05) is 12.3 Å². The van der Waals surface area contributed by atoms with Crippen LogP contribution in [-0.2, 0) is 6.42 Å². The van der Waals surface area contributed by atoms with Crippen LogP contribution in [0.25, 0.3) is 0 Å². The van der Waals surface area contributed by atoms with Gasteiger partial charge in [-0.25, -0.2) is 4.98 Å². The third kappa shape index (κ3) is 4.83. The second kappa shape index (κ2) is 7.49. The summed E-state index contributed by atoms with van der Waals surface area (Å²) >= 11 is 0. The van der Waals surface area contributed by atoms with Gasteiger partial charge in [0.1, 0.15) is 5.82 Å². The molecule has 0 aliphatic heterocycles. The van der Waals surface area contributed by atoms with E-state index < -0.39 is 0 Å². The van der Waals surface area contributed by atoms with Crippen molar-refractivity contribution in [2.75, 3.05) is 11.4 Å². The quantitative estimate of drug-likeness (QED) is 0.821. The maximum Gasteiger partial charge on any atom is 0.131 e. The van der Waals surface area contributed by atoms with Crippen LogP contribution in [0.2, 0.25) is 0 Å². The molecule has 2 N–H and O–H groups in total. The highest BCUT2D eigenvalue weighted by molar-refractivity contribution is 5.48. The lowest BCUT2D eigenvalue weighted by Crippen LogP contribution is -2.36. The van der Waals surface area contributed by atoms with E-state index in [-0.39, 0.29) is 6.04 Å². The number of pyridine rings is 1. The maximum absolute atomic E-state index is 6.11. The average Bonchev–Trinajstić information content (AvgIpc) is 2.36. The van der Waals surface area contributed by atoms with E-state index in [4.69, 9.17) is 5.73 Å². The predicted molar refractivity (Wildman–Crippen MR) is 83.5 cm³/mol. The van der Waals surface area contributed by atoms with Crippen molar-refractivity contribution >= 4 is 5.82 Å². The number of anilines is 1. The summed E-state index contributed by atoms with van der Waals surface area (Å²) in [4.78, 5) is 7.00. The minimum atomic E-state index is 0.219. The van der Waals surface area contributed by atoms with Crippen LogP contribution in [-0.4, -0.2) is 23.6 Å². The predicted octanol–water partition coefficient (Wildman–Crippen LogP) is 3.23. The number of nitrogens with zero attached hydrogens (tertiary/aromatic N) is 2. The number of nitrogens with two attached hydrogens (primary N) is 1. The summed E-state index contributed by atoms with van der Waals surface area (Å²) in [5, 5.41) is 0. The minimum absolute atomic E-state index is 0.219. The molecule has 0 radical (unpaired) electrons. The van der Waals surface area contributed by atoms with Crippen molar-refractivity contribution in [3.8, 4) is 0 Å². The summed E-state index contributed by atoms with van der Waals surface area (Å²) in [5.74, 6) is 1.73. The summed E-state index contributed by atoms with van der Waals surface area (Å²) in [5.41, 5.74) is 7.37. The molecule has 0 spiro atoms. The number of aromatic nitrogens is 1.